The number of carbonyl (C=O) groups is 1. The zero-order valence-electron chi connectivity index (χ0n) is 7.19. The summed E-state index contributed by atoms with van der Waals surface area (Å²) in [6.07, 6.45) is -1.02. The van der Waals surface area contributed by atoms with E-state index in [2.05, 4.69) is 5.92 Å². The molecule has 0 aliphatic heterocycles. The lowest BCUT2D eigenvalue weighted by Crippen LogP contribution is -2.34. The molecule has 0 saturated heterocycles. The SMILES string of the molecule is C#CCN(CC)C(=O)CC(F)(F)F. The second-order valence-corrected chi connectivity index (χ2v) is 2.40. The Morgan fingerprint density at radius 1 is 1.54 bits per heavy atom. The van der Waals surface area contributed by atoms with Gasteiger partial charge in [0.2, 0.25) is 5.91 Å². The summed E-state index contributed by atoms with van der Waals surface area (Å²) in [6, 6.07) is 0. The lowest BCUT2D eigenvalue weighted by molar-refractivity contribution is -0.160. The van der Waals surface area contributed by atoms with E-state index in [-0.39, 0.29) is 13.1 Å². The number of hydrogen-bond donors (Lipinski definition) is 0. The molecule has 0 aromatic heterocycles. The molecular formula is C8H10F3NO. The summed E-state index contributed by atoms with van der Waals surface area (Å²) in [4.78, 5) is 11.9. The highest BCUT2D eigenvalue weighted by Crippen LogP contribution is 2.20. The summed E-state index contributed by atoms with van der Waals surface area (Å²) in [5, 5.41) is 0. The lowest BCUT2D eigenvalue weighted by atomic mass is 10.3. The van der Waals surface area contributed by atoms with Gasteiger partial charge in [0.1, 0.15) is 6.42 Å². The van der Waals surface area contributed by atoms with Crippen molar-refractivity contribution in [3.63, 3.8) is 0 Å². The van der Waals surface area contributed by atoms with Crippen molar-refractivity contribution in [1.29, 1.82) is 0 Å². The Morgan fingerprint density at radius 3 is 2.38 bits per heavy atom. The van der Waals surface area contributed by atoms with Gasteiger partial charge in [0.25, 0.3) is 0 Å². The van der Waals surface area contributed by atoms with Crippen molar-refractivity contribution in [3.05, 3.63) is 0 Å². The van der Waals surface area contributed by atoms with Crippen molar-refractivity contribution in [2.75, 3.05) is 13.1 Å². The van der Waals surface area contributed by atoms with Gasteiger partial charge >= 0.3 is 6.18 Å². The molecule has 0 saturated carbocycles. The van der Waals surface area contributed by atoms with Gasteiger partial charge < -0.3 is 4.90 Å². The average molecular weight is 193 g/mol. The third-order valence-electron chi connectivity index (χ3n) is 1.37. The molecule has 74 valence electrons. The Morgan fingerprint density at radius 2 is 2.08 bits per heavy atom. The molecule has 0 aromatic rings. The van der Waals surface area contributed by atoms with Gasteiger partial charge in [0.05, 0.1) is 6.54 Å². The minimum atomic E-state index is -4.46. The predicted molar refractivity (Wildman–Crippen MR) is 41.8 cm³/mol. The van der Waals surface area contributed by atoms with E-state index in [9.17, 15) is 18.0 Å². The van der Waals surface area contributed by atoms with Crippen LogP contribution in [0, 0.1) is 12.3 Å². The third-order valence-corrected chi connectivity index (χ3v) is 1.37. The fraction of sp³-hybridized carbons (Fsp3) is 0.625. The number of hydrogen-bond acceptors (Lipinski definition) is 1. The number of alkyl halides is 3. The molecule has 0 atom stereocenters. The molecule has 5 heteroatoms. The predicted octanol–water partition coefficient (Wildman–Crippen LogP) is 1.42. The summed E-state index contributed by atoms with van der Waals surface area (Å²) in [6.45, 7) is 1.69. The third kappa shape index (κ3) is 5.12. The first kappa shape index (κ1) is 11.8. The fourth-order valence-corrected chi connectivity index (χ4v) is 0.770. The van der Waals surface area contributed by atoms with Gasteiger partial charge in [0.15, 0.2) is 0 Å². The maximum Gasteiger partial charge on any atom is 0.397 e. The Kier molecular flexibility index (Phi) is 4.32. The maximum absolute atomic E-state index is 11.7. The molecule has 0 heterocycles. The molecule has 0 fully saturated rings. The summed E-state index contributed by atoms with van der Waals surface area (Å²) < 4.78 is 35.2. The van der Waals surface area contributed by atoms with Gasteiger partial charge in [-0.1, -0.05) is 5.92 Å². The molecule has 0 bridgehead atoms. The minimum Gasteiger partial charge on any atom is -0.332 e. The number of rotatable bonds is 3. The summed E-state index contributed by atoms with van der Waals surface area (Å²) in [5.41, 5.74) is 0. The maximum atomic E-state index is 11.7. The topological polar surface area (TPSA) is 20.3 Å². The van der Waals surface area contributed by atoms with Crippen LogP contribution in [0.15, 0.2) is 0 Å². The van der Waals surface area contributed by atoms with Crippen molar-refractivity contribution in [3.8, 4) is 12.3 Å². The monoisotopic (exact) mass is 193 g/mol. The molecule has 0 N–H and O–H groups in total. The zero-order chi connectivity index (χ0) is 10.5. The summed E-state index contributed by atoms with van der Waals surface area (Å²) in [5.74, 6) is 1.14. The molecule has 13 heavy (non-hydrogen) atoms. The van der Waals surface area contributed by atoms with E-state index >= 15 is 0 Å². The van der Waals surface area contributed by atoms with Crippen LogP contribution in [0.3, 0.4) is 0 Å². The van der Waals surface area contributed by atoms with E-state index in [1.165, 1.54) is 0 Å². The average Bonchev–Trinajstić information content (AvgIpc) is 1.96. The molecular weight excluding hydrogens is 183 g/mol. The van der Waals surface area contributed by atoms with Gasteiger partial charge in [-0.3, -0.25) is 4.79 Å². The van der Waals surface area contributed by atoms with Crippen LogP contribution in [0.5, 0.6) is 0 Å². The van der Waals surface area contributed by atoms with Crippen LogP contribution in [0.4, 0.5) is 13.2 Å². The van der Waals surface area contributed by atoms with Gasteiger partial charge in [0, 0.05) is 6.54 Å². The smallest absolute Gasteiger partial charge is 0.332 e. The molecule has 0 aliphatic rings. The van der Waals surface area contributed by atoms with Crippen LogP contribution in [-0.2, 0) is 4.79 Å². The van der Waals surface area contributed by atoms with Crippen molar-refractivity contribution in [2.45, 2.75) is 19.5 Å². The number of nitrogens with zero attached hydrogens (tertiary/aromatic N) is 1. The first-order valence-corrected chi connectivity index (χ1v) is 3.68. The second-order valence-electron chi connectivity index (χ2n) is 2.40. The zero-order valence-corrected chi connectivity index (χ0v) is 7.19. The molecule has 0 rings (SSSR count). The van der Waals surface area contributed by atoms with Gasteiger partial charge in [-0.15, -0.1) is 6.42 Å². The highest BCUT2D eigenvalue weighted by Gasteiger charge is 2.32. The Labute approximate surface area is 74.7 Å². The number of halogens is 3. The van der Waals surface area contributed by atoms with Crippen LogP contribution < -0.4 is 0 Å². The standard InChI is InChI=1S/C8H10F3NO/c1-3-5-12(4-2)7(13)6-8(9,10)11/h1H,4-6H2,2H3. The number of amides is 1. The van der Waals surface area contributed by atoms with E-state index in [1.807, 2.05) is 0 Å². The molecule has 0 unspecified atom stereocenters. The summed E-state index contributed by atoms with van der Waals surface area (Å²) >= 11 is 0. The highest BCUT2D eigenvalue weighted by atomic mass is 19.4. The Hall–Kier alpha value is -1.18. The van der Waals surface area contributed by atoms with E-state index in [0.29, 0.717) is 0 Å². The summed E-state index contributed by atoms with van der Waals surface area (Å²) in [7, 11) is 0. The Balaban J connectivity index is 4.16. The van der Waals surface area contributed by atoms with E-state index in [4.69, 9.17) is 6.42 Å². The van der Waals surface area contributed by atoms with Crippen LogP contribution in [0.25, 0.3) is 0 Å². The minimum absolute atomic E-state index is 0.0780. The van der Waals surface area contributed by atoms with Crippen LogP contribution in [-0.4, -0.2) is 30.1 Å². The number of terminal acetylenes is 1. The van der Waals surface area contributed by atoms with E-state index < -0.39 is 18.5 Å². The number of carbonyl (C=O) groups excluding carboxylic acids is 1. The fourth-order valence-electron chi connectivity index (χ4n) is 0.770. The van der Waals surface area contributed by atoms with E-state index in [0.717, 1.165) is 4.90 Å². The van der Waals surface area contributed by atoms with Gasteiger partial charge in [-0.2, -0.15) is 13.2 Å². The molecule has 0 aromatic carbocycles. The normalized spacial score (nSPS) is 10.7. The van der Waals surface area contributed by atoms with Crippen molar-refractivity contribution in [1.82, 2.24) is 4.90 Å². The quantitative estimate of drug-likeness (QED) is 0.621. The van der Waals surface area contributed by atoms with Crippen molar-refractivity contribution in [2.24, 2.45) is 0 Å². The second kappa shape index (κ2) is 4.75. The molecule has 0 radical (unpaired) electrons. The van der Waals surface area contributed by atoms with Crippen LogP contribution in [0.1, 0.15) is 13.3 Å². The van der Waals surface area contributed by atoms with Gasteiger partial charge in [-0.05, 0) is 6.92 Å². The van der Waals surface area contributed by atoms with Crippen molar-refractivity contribution < 1.29 is 18.0 Å². The van der Waals surface area contributed by atoms with Gasteiger partial charge in [-0.25, -0.2) is 0 Å². The molecule has 1 amide bonds. The lowest BCUT2D eigenvalue weighted by Gasteiger charge is -2.18. The molecule has 0 spiro atoms. The highest BCUT2D eigenvalue weighted by molar-refractivity contribution is 5.77. The first-order valence-electron chi connectivity index (χ1n) is 3.68. The van der Waals surface area contributed by atoms with E-state index in [1.54, 1.807) is 6.92 Å². The molecule has 0 aliphatic carbocycles. The molecule has 2 nitrogen and oxygen atoms in total. The first-order chi connectivity index (χ1) is 5.90. The largest absolute Gasteiger partial charge is 0.397 e. The Bertz CT molecular complexity index is 216. The van der Waals surface area contributed by atoms with Crippen LogP contribution in [0.2, 0.25) is 0 Å². The van der Waals surface area contributed by atoms with Crippen molar-refractivity contribution >= 4 is 5.91 Å². The van der Waals surface area contributed by atoms with Crippen LogP contribution >= 0.6 is 0 Å².